The number of aromatic nitrogens is 3. The number of para-hydroxylation sites is 2. The Morgan fingerprint density at radius 1 is 1.42 bits per heavy atom. The number of benzene rings is 1. The normalized spacial score (nSPS) is 18.6. The summed E-state index contributed by atoms with van der Waals surface area (Å²) in [5, 5.41) is 8.21. The van der Waals surface area contributed by atoms with Gasteiger partial charge in [-0.25, -0.2) is 4.68 Å². The van der Waals surface area contributed by atoms with Gasteiger partial charge in [0.05, 0.1) is 24.5 Å². The molecule has 6 nitrogen and oxygen atoms in total. The third kappa shape index (κ3) is 2.68. The zero-order valence-corrected chi connectivity index (χ0v) is 10.5. The van der Waals surface area contributed by atoms with Crippen LogP contribution in [0.3, 0.4) is 0 Å². The minimum atomic E-state index is 0.294. The van der Waals surface area contributed by atoms with Crippen molar-refractivity contribution in [1.29, 1.82) is 0 Å². The first-order valence-corrected chi connectivity index (χ1v) is 6.28. The van der Waals surface area contributed by atoms with Gasteiger partial charge >= 0.3 is 0 Å². The van der Waals surface area contributed by atoms with Gasteiger partial charge in [0, 0.05) is 6.61 Å². The van der Waals surface area contributed by atoms with Crippen LogP contribution in [0.5, 0.6) is 5.75 Å². The Bertz CT molecular complexity index is 549. The molecule has 1 aromatic heterocycles. The minimum Gasteiger partial charge on any atom is -0.485 e. The van der Waals surface area contributed by atoms with Crippen LogP contribution in [0.25, 0.3) is 0 Å². The summed E-state index contributed by atoms with van der Waals surface area (Å²) in [4.78, 5) is 0. The molecular weight excluding hydrogens is 244 g/mol. The fraction of sp³-hybridized carbons (Fsp3) is 0.385. The van der Waals surface area contributed by atoms with E-state index in [1.165, 1.54) is 0 Å². The molecule has 0 amide bonds. The summed E-state index contributed by atoms with van der Waals surface area (Å²) in [5.41, 5.74) is 7.22. The Morgan fingerprint density at radius 3 is 3.11 bits per heavy atom. The molecule has 0 saturated carbocycles. The maximum atomic E-state index is 5.81. The highest BCUT2D eigenvalue weighted by molar-refractivity contribution is 5.51. The molecule has 1 aliphatic rings. The Hall–Kier alpha value is -2.08. The molecule has 0 bridgehead atoms. The zero-order chi connectivity index (χ0) is 13.1. The summed E-state index contributed by atoms with van der Waals surface area (Å²) in [7, 11) is 0. The fourth-order valence-electron chi connectivity index (χ4n) is 2.05. The molecule has 0 aliphatic carbocycles. The molecule has 3 rings (SSSR count). The summed E-state index contributed by atoms with van der Waals surface area (Å²) in [6.45, 7) is 1.86. The SMILES string of the molecule is Nc1ccccc1OCc1cn(C2CCOC2)nn1. The number of anilines is 1. The third-order valence-electron chi connectivity index (χ3n) is 3.13. The van der Waals surface area contributed by atoms with Gasteiger partial charge in [-0.15, -0.1) is 5.10 Å². The first-order valence-electron chi connectivity index (χ1n) is 6.28. The van der Waals surface area contributed by atoms with Gasteiger partial charge in [-0.1, -0.05) is 17.3 Å². The zero-order valence-electron chi connectivity index (χ0n) is 10.5. The maximum Gasteiger partial charge on any atom is 0.142 e. The summed E-state index contributed by atoms with van der Waals surface area (Å²) in [6, 6.07) is 7.70. The standard InChI is InChI=1S/C13H16N4O2/c14-12-3-1-2-4-13(12)19-8-10-7-17(16-15-10)11-5-6-18-9-11/h1-4,7,11H,5-6,8-9,14H2. The van der Waals surface area contributed by atoms with Gasteiger partial charge < -0.3 is 15.2 Å². The van der Waals surface area contributed by atoms with E-state index in [4.69, 9.17) is 15.2 Å². The van der Waals surface area contributed by atoms with Crippen molar-refractivity contribution in [3.8, 4) is 5.75 Å². The second kappa shape index (κ2) is 5.27. The first-order chi connectivity index (χ1) is 9.33. The molecule has 2 aromatic rings. The summed E-state index contributed by atoms with van der Waals surface area (Å²) >= 11 is 0. The molecule has 0 radical (unpaired) electrons. The van der Waals surface area contributed by atoms with Crippen LogP contribution in [0.4, 0.5) is 5.69 Å². The first kappa shape index (κ1) is 12.0. The molecule has 2 N–H and O–H groups in total. The maximum absolute atomic E-state index is 5.81. The van der Waals surface area contributed by atoms with Crippen molar-refractivity contribution in [3.63, 3.8) is 0 Å². The van der Waals surface area contributed by atoms with Crippen molar-refractivity contribution in [1.82, 2.24) is 15.0 Å². The van der Waals surface area contributed by atoms with Crippen LogP contribution in [-0.2, 0) is 11.3 Å². The number of rotatable bonds is 4. The van der Waals surface area contributed by atoms with E-state index < -0.39 is 0 Å². The largest absolute Gasteiger partial charge is 0.485 e. The second-order valence-electron chi connectivity index (χ2n) is 4.53. The number of nitrogen functional groups attached to an aromatic ring is 1. The lowest BCUT2D eigenvalue weighted by molar-refractivity contribution is 0.184. The average molecular weight is 260 g/mol. The molecule has 1 aliphatic heterocycles. The molecule has 1 fully saturated rings. The lowest BCUT2D eigenvalue weighted by Crippen LogP contribution is -2.09. The van der Waals surface area contributed by atoms with Crippen molar-refractivity contribution in [3.05, 3.63) is 36.2 Å². The number of nitrogens with zero attached hydrogens (tertiary/aromatic N) is 3. The number of ether oxygens (including phenoxy) is 2. The lowest BCUT2D eigenvalue weighted by atomic mass is 10.3. The molecule has 1 atom stereocenters. The highest BCUT2D eigenvalue weighted by Gasteiger charge is 2.19. The smallest absolute Gasteiger partial charge is 0.142 e. The topological polar surface area (TPSA) is 75.2 Å². The molecule has 100 valence electrons. The van der Waals surface area contributed by atoms with E-state index in [9.17, 15) is 0 Å². The average Bonchev–Trinajstić information content (AvgIpc) is 3.09. The molecule has 1 unspecified atom stereocenters. The van der Waals surface area contributed by atoms with Gasteiger partial charge in [0.2, 0.25) is 0 Å². The second-order valence-corrected chi connectivity index (χ2v) is 4.53. The van der Waals surface area contributed by atoms with Crippen LogP contribution >= 0.6 is 0 Å². The third-order valence-corrected chi connectivity index (χ3v) is 3.13. The van der Waals surface area contributed by atoms with Crippen molar-refractivity contribution in [2.45, 2.75) is 19.1 Å². The van der Waals surface area contributed by atoms with Crippen LogP contribution in [0.15, 0.2) is 30.5 Å². The molecule has 6 heteroatoms. The van der Waals surface area contributed by atoms with Crippen LogP contribution < -0.4 is 10.5 Å². The van der Waals surface area contributed by atoms with Crippen molar-refractivity contribution in [2.24, 2.45) is 0 Å². The summed E-state index contributed by atoms with van der Waals surface area (Å²) in [6.07, 6.45) is 2.88. The van der Waals surface area contributed by atoms with Crippen LogP contribution in [0, 0.1) is 0 Å². The van der Waals surface area contributed by atoms with E-state index in [0.717, 1.165) is 18.7 Å². The predicted molar refractivity (Wildman–Crippen MR) is 69.7 cm³/mol. The Morgan fingerprint density at radius 2 is 2.32 bits per heavy atom. The van der Waals surface area contributed by atoms with Gasteiger partial charge in [0.25, 0.3) is 0 Å². The Kier molecular flexibility index (Phi) is 3.33. The van der Waals surface area contributed by atoms with Gasteiger partial charge in [-0.2, -0.15) is 0 Å². The monoisotopic (exact) mass is 260 g/mol. The Labute approximate surface area is 111 Å². The van der Waals surface area contributed by atoms with Crippen LogP contribution in [0.1, 0.15) is 18.2 Å². The molecule has 2 heterocycles. The summed E-state index contributed by atoms with van der Waals surface area (Å²) < 4.78 is 12.8. The van der Waals surface area contributed by atoms with Gasteiger partial charge in [-0.05, 0) is 18.6 Å². The highest BCUT2D eigenvalue weighted by Crippen LogP contribution is 2.21. The molecule has 0 spiro atoms. The van der Waals surface area contributed by atoms with Gasteiger partial charge in [-0.3, -0.25) is 0 Å². The van der Waals surface area contributed by atoms with Crippen LogP contribution in [-0.4, -0.2) is 28.2 Å². The van der Waals surface area contributed by atoms with E-state index in [1.54, 1.807) is 0 Å². The molecule has 1 aromatic carbocycles. The fourth-order valence-corrected chi connectivity index (χ4v) is 2.05. The van der Waals surface area contributed by atoms with Crippen molar-refractivity contribution in [2.75, 3.05) is 18.9 Å². The van der Waals surface area contributed by atoms with E-state index in [-0.39, 0.29) is 0 Å². The highest BCUT2D eigenvalue weighted by atomic mass is 16.5. The van der Waals surface area contributed by atoms with Crippen LogP contribution in [0.2, 0.25) is 0 Å². The number of nitrogens with two attached hydrogens (primary N) is 1. The molecule has 19 heavy (non-hydrogen) atoms. The van der Waals surface area contributed by atoms with E-state index in [2.05, 4.69) is 10.3 Å². The lowest BCUT2D eigenvalue weighted by Gasteiger charge is -2.07. The van der Waals surface area contributed by atoms with E-state index >= 15 is 0 Å². The molecular formula is C13H16N4O2. The summed E-state index contributed by atoms with van der Waals surface area (Å²) in [5.74, 6) is 0.668. The van der Waals surface area contributed by atoms with E-state index in [0.29, 0.717) is 30.7 Å². The molecule has 1 saturated heterocycles. The van der Waals surface area contributed by atoms with Gasteiger partial charge in [0.15, 0.2) is 0 Å². The predicted octanol–water partition coefficient (Wildman–Crippen LogP) is 1.40. The quantitative estimate of drug-likeness (QED) is 0.841. The van der Waals surface area contributed by atoms with Crippen molar-refractivity contribution < 1.29 is 9.47 Å². The minimum absolute atomic E-state index is 0.294. The van der Waals surface area contributed by atoms with E-state index in [1.807, 2.05) is 35.1 Å². The number of hydrogen-bond acceptors (Lipinski definition) is 5. The van der Waals surface area contributed by atoms with Gasteiger partial charge in [0.1, 0.15) is 18.1 Å². The Balaban J connectivity index is 1.63. The van der Waals surface area contributed by atoms with Crippen molar-refractivity contribution >= 4 is 5.69 Å². The number of hydrogen-bond donors (Lipinski definition) is 1.